The topological polar surface area (TPSA) is 49.3 Å². The third kappa shape index (κ3) is 3.44. The van der Waals surface area contributed by atoms with Crippen molar-refractivity contribution in [1.82, 2.24) is 5.32 Å². The van der Waals surface area contributed by atoms with Crippen LogP contribution in [0, 0.1) is 11.7 Å². The lowest BCUT2D eigenvalue weighted by molar-refractivity contribution is 0.0925. The largest absolute Gasteiger partial charge is 0.507 e. The molecule has 1 rings (SSSR count). The molecule has 3 nitrogen and oxygen atoms in total. The first kappa shape index (κ1) is 13.5. The first-order valence-corrected chi connectivity index (χ1v) is 5.75. The number of carbonyl (C=O) groups excluding carboxylic acids is 1. The number of hydrogen-bond donors (Lipinski definition) is 2. The predicted molar refractivity (Wildman–Crippen MR) is 64.4 cm³/mol. The summed E-state index contributed by atoms with van der Waals surface area (Å²) in [5.41, 5.74) is -0.0276. The number of amides is 1. The van der Waals surface area contributed by atoms with E-state index in [-0.39, 0.29) is 17.4 Å². The van der Waals surface area contributed by atoms with E-state index in [4.69, 9.17) is 0 Å². The quantitative estimate of drug-likeness (QED) is 0.848. The number of hydrogen-bond acceptors (Lipinski definition) is 2. The molecule has 17 heavy (non-hydrogen) atoms. The van der Waals surface area contributed by atoms with Crippen molar-refractivity contribution in [3.05, 3.63) is 29.6 Å². The highest BCUT2D eigenvalue weighted by molar-refractivity contribution is 5.96. The van der Waals surface area contributed by atoms with E-state index in [1.165, 1.54) is 6.07 Å². The van der Waals surface area contributed by atoms with Crippen molar-refractivity contribution in [3.8, 4) is 5.75 Å². The first-order chi connectivity index (χ1) is 7.95. The van der Waals surface area contributed by atoms with Gasteiger partial charge in [-0.2, -0.15) is 0 Å². The first-order valence-electron chi connectivity index (χ1n) is 5.75. The van der Waals surface area contributed by atoms with Gasteiger partial charge in [-0.05, 0) is 31.0 Å². The van der Waals surface area contributed by atoms with Crippen molar-refractivity contribution < 1.29 is 14.3 Å². The molecular weight excluding hydrogens is 221 g/mol. The van der Waals surface area contributed by atoms with Crippen LogP contribution in [0.1, 0.15) is 37.6 Å². The summed E-state index contributed by atoms with van der Waals surface area (Å²) in [6.07, 6.45) is 0.941. The maximum absolute atomic E-state index is 13.0. The average molecular weight is 239 g/mol. The smallest absolute Gasteiger partial charge is 0.255 e. The average Bonchev–Trinajstić information content (AvgIpc) is 2.30. The van der Waals surface area contributed by atoms with E-state index < -0.39 is 11.7 Å². The molecule has 0 aromatic heterocycles. The van der Waals surface area contributed by atoms with Crippen molar-refractivity contribution >= 4 is 5.91 Å². The minimum Gasteiger partial charge on any atom is -0.507 e. The monoisotopic (exact) mass is 239 g/mol. The van der Waals surface area contributed by atoms with Gasteiger partial charge in [-0.25, -0.2) is 4.39 Å². The number of aromatic hydroxyl groups is 1. The third-order valence-electron chi connectivity index (χ3n) is 3.06. The van der Waals surface area contributed by atoms with E-state index in [1.807, 2.05) is 20.8 Å². The van der Waals surface area contributed by atoms with Crippen LogP contribution in [-0.2, 0) is 0 Å². The maximum Gasteiger partial charge on any atom is 0.255 e. The molecule has 94 valence electrons. The molecule has 0 bridgehead atoms. The highest BCUT2D eigenvalue weighted by Crippen LogP contribution is 2.18. The van der Waals surface area contributed by atoms with Crippen LogP contribution in [-0.4, -0.2) is 17.1 Å². The lowest BCUT2D eigenvalue weighted by Gasteiger charge is -2.20. The van der Waals surface area contributed by atoms with E-state index in [9.17, 15) is 14.3 Å². The highest BCUT2D eigenvalue weighted by Gasteiger charge is 2.17. The second-order valence-corrected chi connectivity index (χ2v) is 4.31. The summed E-state index contributed by atoms with van der Waals surface area (Å²) < 4.78 is 13.0. The molecule has 0 aliphatic carbocycles. The number of rotatable bonds is 4. The van der Waals surface area contributed by atoms with Gasteiger partial charge in [0, 0.05) is 6.04 Å². The summed E-state index contributed by atoms with van der Waals surface area (Å²) in [6, 6.07) is 3.31. The van der Waals surface area contributed by atoms with E-state index in [2.05, 4.69) is 5.32 Å². The van der Waals surface area contributed by atoms with Gasteiger partial charge in [-0.15, -0.1) is 0 Å². The van der Waals surface area contributed by atoms with Crippen LogP contribution >= 0.6 is 0 Å². The Morgan fingerprint density at radius 3 is 2.71 bits per heavy atom. The Bertz CT molecular complexity index is 406. The van der Waals surface area contributed by atoms with Crippen molar-refractivity contribution in [1.29, 1.82) is 0 Å². The molecule has 0 radical (unpaired) electrons. The Hall–Kier alpha value is -1.58. The van der Waals surface area contributed by atoms with Crippen molar-refractivity contribution in [2.75, 3.05) is 0 Å². The fourth-order valence-corrected chi connectivity index (χ4v) is 1.47. The number of benzene rings is 1. The van der Waals surface area contributed by atoms with Crippen LogP contribution in [0.4, 0.5) is 4.39 Å². The van der Waals surface area contributed by atoms with Gasteiger partial charge >= 0.3 is 0 Å². The second-order valence-electron chi connectivity index (χ2n) is 4.31. The van der Waals surface area contributed by atoms with E-state index in [0.29, 0.717) is 5.92 Å². The summed E-state index contributed by atoms with van der Waals surface area (Å²) in [4.78, 5) is 11.8. The standard InChI is InChI=1S/C13H18FNO2/c1-4-8(2)9(3)15-13(17)11-7-10(14)5-6-12(11)16/h5-9,16H,4H2,1-3H3,(H,15,17). The van der Waals surface area contributed by atoms with Gasteiger partial charge in [-0.1, -0.05) is 20.3 Å². The molecule has 4 heteroatoms. The SMILES string of the molecule is CCC(C)C(C)NC(=O)c1cc(F)ccc1O. The van der Waals surface area contributed by atoms with Gasteiger partial charge in [0.15, 0.2) is 0 Å². The number of halogens is 1. The third-order valence-corrected chi connectivity index (χ3v) is 3.06. The van der Waals surface area contributed by atoms with E-state index in [1.54, 1.807) is 0 Å². The molecule has 2 N–H and O–H groups in total. The summed E-state index contributed by atoms with van der Waals surface area (Å²) >= 11 is 0. The van der Waals surface area contributed by atoms with Gasteiger partial charge in [0.05, 0.1) is 5.56 Å². The van der Waals surface area contributed by atoms with Crippen LogP contribution in [0.3, 0.4) is 0 Å². The molecule has 0 aliphatic rings. The molecule has 2 atom stereocenters. The predicted octanol–water partition coefficient (Wildman–Crippen LogP) is 2.70. The molecule has 1 aromatic rings. The highest BCUT2D eigenvalue weighted by atomic mass is 19.1. The lowest BCUT2D eigenvalue weighted by Crippen LogP contribution is -2.36. The summed E-state index contributed by atoms with van der Waals surface area (Å²) in [5, 5.41) is 12.2. The van der Waals surface area contributed by atoms with Crippen LogP contribution < -0.4 is 5.32 Å². The van der Waals surface area contributed by atoms with Gasteiger partial charge in [-0.3, -0.25) is 4.79 Å². The maximum atomic E-state index is 13.0. The van der Waals surface area contributed by atoms with Gasteiger partial charge < -0.3 is 10.4 Å². The van der Waals surface area contributed by atoms with E-state index in [0.717, 1.165) is 18.6 Å². The Morgan fingerprint density at radius 1 is 1.47 bits per heavy atom. The molecule has 0 saturated heterocycles. The molecule has 1 amide bonds. The Balaban J connectivity index is 2.79. The fraction of sp³-hybridized carbons (Fsp3) is 0.462. The Kier molecular flexibility index (Phi) is 4.49. The van der Waals surface area contributed by atoms with Crippen molar-refractivity contribution in [2.24, 2.45) is 5.92 Å². The minimum absolute atomic E-state index is 0.0184. The number of carbonyl (C=O) groups is 1. The minimum atomic E-state index is -0.538. The molecule has 0 aliphatic heterocycles. The normalized spacial score (nSPS) is 14.1. The second kappa shape index (κ2) is 5.66. The summed E-state index contributed by atoms with van der Waals surface area (Å²) in [7, 11) is 0. The Labute approximate surface area is 101 Å². The van der Waals surface area contributed by atoms with Gasteiger partial charge in [0.1, 0.15) is 11.6 Å². The van der Waals surface area contributed by atoms with E-state index >= 15 is 0 Å². The zero-order valence-corrected chi connectivity index (χ0v) is 10.3. The number of phenolic OH excluding ortho intramolecular Hbond substituents is 1. The zero-order valence-electron chi connectivity index (χ0n) is 10.3. The van der Waals surface area contributed by atoms with Crippen LogP contribution in [0.15, 0.2) is 18.2 Å². The number of phenols is 1. The molecule has 0 fully saturated rings. The molecule has 0 heterocycles. The molecule has 2 unspecified atom stereocenters. The van der Waals surface area contributed by atoms with Crippen LogP contribution in [0.25, 0.3) is 0 Å². The van der Waals surface area contributed by atoms with Crippen LogP contribution in [0.5, 0.6) is 5.75 Å². The van der Waals surface area contributed by atoms with Crippen molar-refractivity contribution in [2.45, 2.75) is 33.2 Å². The zero-order chi connectivity index (χ0) is 13.0. The number of nitrogens with one attached hydrogen (secondary N) is 1. The molecule has 1 aromatic carbocycles. The molecule has 0 saturated carbocycles. The van der Waals surface area contributed by atoms with Gasteiger partial charge in [0.25, 0.3) is 5.91 Å². The Morgan fingerprint density at radius 2 is 2.12 bits per heavy atom. The molecule has 0 spiro atoms. The molecular formula is C13H18FNO2. The fourth-order valence-electron chi connectivity index (χ4n) is 1.47. The lowest BCUT2D eigenvalue weighted by atomic mass is 10.0. The van der Waals surface area contributed by atoms with Gasteiger partial charge in [0.2, 0.25) is 0 Å². The van der Waals surface area contributed by atoms with Crippen molar-refractivity contribution in [3.63, 3.8) is 0 Å². The van der Waals surface area contributed by atoms with Crippen LogP contribution in [0.2, 0.25) is 0 Å². The summed E-state index contributed by atoms with van der Waals surface area (Å²) in [6.45, 7) is 5.95. The summed E-state index contributed by atoms with van der Waals surface area (Å²) in [5.74, 6) is -0.867.